The van der Waals surface area contributed by atoms with Crippen LogP contribution >= 0.6 is 15.9 Å². The van der Waals surface area contributed by atoms with Crippen molar-refractivity contribution in [3.8, 4) is 0 Å². The van der Waals surface area contributed by atoms with Gasteiger partial charge >= 0.3 is 0 Å². The van der Waals surface area contributed by atoms with E-state index >= 15 is 0 Å². The highest BCUT2D eigenvalue weighted by molar-refractivity contribution is 9.10. The summed E-state index contributed by atoms with van der Waals surface area (Å²) in [5, 5.41) is 3.05. The van der Waals surface area contributed by atoms with E-state index in [0.29, 0.717) is 17.8 Å². The smallest absolute Gasteiger partial charge is 0.255 e. The lowest BCUT2D eigenvalue weighted by molar-refractivity contribution is 0.0794. The van der Waals surface area contributed by atoms with E-state index in [1.165, 1.54) is 0 Å². The number of carbonyl (C=O) groups is 1. The maximum atomic E-state index is 12.1. The lowest BCUT2D eigenvalue weighted by Crippen LogP contribution is -2.30. The van der Waals surface area contributed by atoms with Crippen LogP contribution in [0.15, 0.2) is 22.7 Å². The second-order valence-electron chi connectivity index (χ2n) is 3.92. The largest absolute Gasteiger partial charge is 0.398 e. The monoisotopic (exact) mass is 299 g/mol. The summed E-state index contributed by atoms with van der Waals surface area (Å²) in [5.74, 6) is -0.0418. The Morgan fingerprint density at radius 1 is 1.53 bits per heavy atom. The van der Waals surface area contributed by atoms with Gasteiger partial charge in [0.1, 0.15) is 0 Å². The van der Waals surface area contributed by atoms with E-state index in [9.17, 15) is 4.79 Å². The molecule has 1 rings (SSSR count). The van der Waals surface area contributed by atoms with Gasteiger partial charge in [0.25, 0.3) is 5.91 Å². The van der Waals surface area contributed by atoms with Gasteiger partial charge in [-0.2, -0.15) is 0 Å². The highest BCUT2D eigenvalue weighted by Gasteiger charge is 2.14. The molecular weight excluding hydrogens is 282 g/mol. The minimum absolute atomic E-state index is 0.0418. The van der Waals surface area contributed by atoms with Crippen molar-refractivity contribution in [3.05, 3.63) is 28.2 Å². The van der Waals surface area contributed by atoms with Crippen LogP contribution in [0.4, 0.5) is 5.69 Å². The maximum absolute atomic E-state index is 12.1. The zero-order chi connectivity index (χ0) is 12.8. The molecule has 0 aromatic heterocycles. The Morgan fingerprint density at radius 3 is 2.88 bits per heavy atom. The number of amides is 1. The first-order chi connectivity index (χ1) is 8.06. The number of nitrogens with two attached hydrogens (primary N) is 1. The number of anilines is 1. The van der Waals surface area contributed by atoms with Gasteiger partial charge in [0.15, 0.2) is 0 Å². The third kappa shape index (κ3) is 4.02. The SMILES string of the molecule is CNCCCN(C)C(=O)c1cc(Br)ccc1N. The van der Waals surface area contributed by atoms with Gasteiger partial charge in [-0.05, 0) is 38.2 Å². The van der Waals surface area contributed by atoms with Crippen LogP contribution in [0, 0.1) is 0 Å². The molecule has 0 bridgehead atoms. The lowest BCUT2D eigenvalue weighted by Gasteiger charge is -2.18. The summed E-state index contributed by atoms with van der Waals surface area (Å²) >= 11 is 3.34. The number of nitrogens with zero attached hydrogens (tertiary/aromatic N) is 1. The third-order valence-electron chi connectivity index (χ3n) is 2.51. The first-order valence-corrected chi connectivity index (χ1v) is 6.30. The Bertz CT molecular complexity index is 395. The number of carbonyl (C=O) groups excluding carboxylic acids is 1. The molecule has 0 saturated heterocycles. The fourth-order valence-electron chi connectivity index (χ4n) is 1.51. The molecule has 17 heavy (non-hydrogen) atoms. The normalized spacial score (nSPS) is 10.3. The molecule has 0 saturated carbocycles. The van der Waals surface area contributed by atoms with Gasteiger partial charge in [-0.1, -0.05) is 15.9 Å². The fourth-order valence-corrected chi connectivity index (χ4v) is 1.87. The van der Waals surface area contributed by atoms with E-state index < -0.39 is 0 Å². The molecule has 1 aromatic rings. The molecule has 0 atom stereocenters. The molecule has 0 unspecified atom stereocenters. The Morgan fingerprint density at radius 2 is 2.24 bits per heavy atom. The van der Waals surface area contributed by atoms with Crippen molar-refractivity contribution in [2.75, 3.05) is 32.9 Å². The van der Waals surface area contributed by atoms with E-state index in [1.807, 2.05) is 13.1 Å². The van der Waals surface area contributed by atoms with Gasteiger partial charge in [-0.25, -0.2) is 0 Å². The van der Waals surface area contributed by atoms with Gasteiger partial charge in [-0.15, -0.1) is 0 Å². The molecule has 0 heterocycles. The van der Waals surface area contributed by atoms with Crippen LogP contribution in [-0.4, -0.2) is 38.0 Å². The molecule has 3 N–H and O–H groups in total. The number of hydrogen-bond acceptors (Lipinski definition) is 3. The second kappa shape index (κ2) is 6.61. The van der Waals surface area contributed by atoms with Crippen molar-refractivity contribution in [1.29, 1.82) is 0 Å². The molecule has 1 aromatic carbocycles. The summed E-state index contributed by atoms with van der Waals surface area (Å²) in [6.45, 7) is 1.61. The van der Waals surface area contributed by atoms with E-state index in [2.05, 4.69) is 21.2 Å². The summed E-state index contributed by atoms with van der Waals surface area (Å²) < 4.78 is 0.860. The van der Waals surface area contributed by atoms with Crippen molar-refractivity contribution >= 4 is 27.5 Å². The summed E-state index contributed by atoms with van der Waals surface area (Å²) in [7, 11) is 3.69. The first kappa shape index (κ1) is 14.0. The molecule has 0 aliphatic rings. The van der Waals surface area contributed by atoms with Gasteiger partial charge in [0, 0.05) is 23.8 Å². The number of rotatable bonds is 5. The van der Waals surface area contributed by atoms with Crippen LogP contribution < -0.4 is 11.1 Å². The van der Waals surface area contributed by atoms with Gasteiger partial charge in [0.2, 0.25) is 0 Å². The minimum Gasteiger partial charge on any atom is -0.398 e. The van der Waals surface area contributed by atoms with Crippen molar-refractivity contribution in [2.45, 2.75) is 6.42 Å². The van der Waals surface area contributed by atoms with E-state index in [-0.39, 0.29) is 5.91 Å². The molecule has 0 fully saturated rings. The van der Waals surface area contributed by atoms with E-state index in [4.69, 9.17) is 5.73 Å². The van der Waals surface area contributed by atoms with Crippen LogP contribution in [-0.2, 0) is 0 Å². The topological polar surface area (TPSA) is 58.4 Å². The molecule has 0 radical (unpaired) electrons. The maximum Gasteiger partial charge on any atom is 0.255 e. The molecule has 5 heteroatoms. The second-order valence-corrected chi connectivity index (χ2v) is 4.83. The van der Waals surface area contributed by atoms with Gasteiger partial charge in [0.05, 0.1) is 5.56 Å². The highest BCUT2D eigenvalue weighted by Crippen LogP contribution is 2.19. The van der Waals surface area contributed by atoms with Crippen LogP contribution in [0.2, 0.25) is 0 Å². The van der Waals surface area contributed by atoms with Crippen molar-refractivity contribution in [2.24, 2.45) is 0 Å². The molecule has 4 nitrogen and oxygen atoms in total. The molecule has 0 aliphatic heterocycles. The lowest BCUT2D eigenvalue weighted by atomic mass is 10.1. The van der Waals surface area contributed by atoms with E-state index in [1.54, 1.807) is 24.1 Å². The Kier molecular flexibility index (Phi) is 5.44. The van der Waals surface area contributed by atoms with Crippen molar-refractivity contribution in [1.82, 2.24) is 10.2 Å². The number of hydrogen-bond donors (Lipinski definition) is 2. The predicted molar refractivity (Wildman–Crippen MR) is 74.1 cm³/mol. The molecule has 0 spiro atoms. The Labute approximate surface area is 110 Å². The molecular formula is C12H18BrN3O. The summed E-state index contributed by atoms with van der Waals surface area (Å²) in [6, 6.07) is 5.32. The van der Waals surface area contributed by atoms with Crippen LogP contribution in [0.25, 0.3) is 0 Å². The van der Waals surface area contributed by atoms with Crippen molar-refractivity contribution < 1.29 is 4.79 Å². The third-order valence-corrected chi connectivity index (χ3v) is 3.01. The average Bonchev–Trinajstić information content (AvgIpc) is 2.31. The standard InChI is InChI=1S/C12H18BrN3O/c1-15-6-3-7-16(2)12(17)10-8-9(13)4-5-11(10)14/h4-5,8,15H,3,6-7,14H2,1-2H3. The molecule has 1 amide bonds. The van der Waals surface area contributed by atoms with Gasteiger partial charge < -0.3 is 16.0 Å². The fraction of sp³-hybridized carbons (Fsp3) is 0.417. The molecule has 0 aliphatic carbocycles. The van der Waals surface area contributed by atoms with Crippen LogP contribution in [0.1, 0.15) is 16.8 Å². The summed E-state index contributed by atoms with van der Waals surface area (Å²) in [6.07, 6.45) is 0.923. The first-order valence-electron chi connectivity index (χ1n) is 5.51. The highest BCUT2D eigenvalue weighted by atomic mass is 79.9. The Hall–Kier alpha value is -1.07. The number of halogens is 1. The van der Waals surface area contributed by atoms with Crippen LogP contribution in [0.5, 0.6) is 0 Å². The molecule has 94 valence electrons. The minimum atomic E-state index is -0.0418. The number of nitrogen functional groups attached to an aromatic ring is 1. The van der Waals surface area contributed by atoms with E-state index in [0.717, 1.165) is 17.4 Å². The quantitative estimate of drug-likeness (QED) is 0.643. The predicted octanol–water partition coefficient (Wildman–Crippen LogP) is 1.71. The summed E-state index contributed by atoms with van der Waals surface area (Å²) in [4.78, 5) is 13.8. The average molecular weight is 300 g/mol. The number of benzene rings is 1. The van der Waals surface area contributed by atoms with Crippen molar-refractivity contribution in [3.63, 3.8) is 0 Å². The zero-order valence-corrected chi connectivity index (χ0v) is 11.8. The summed E-state index contributed by atoms with van der Waals surface area (Å²) in [5.41, 5.74) is 6.86. The Balaban J connectivity index is 2.71. The zero-order valence-electron chi connectivity index (χ0n) is 10.2. The number of nitrogens with one attached hydrogen (secondary N) is 1. The van der Waals surface area contributed by atoms with Gasteiger partial charge in [-0.3, -0.25) is 4.79 Å². The van der Waals surface area contributed by atoms with Crippen LogP contribution in [0.3, 0.4) is 0 Å².